The van der Waals surface area contributed by atoms with Crippen molar-refractivity contribution in [2.45, 2.75) is 32.8 Å². The summed E-state index contributed by atoms with van der Waals surface area (Å²) >= 11 is 1.68. The SMILES string of the molecule is CC1CCc2c(sc3nc(-c4cccc(OCc5ccccc5)c4)[nH]c(=O)c23)C1. The molecule has 4 nitrogen and oxygen atoms in total. The maximum absolute atomic E-state index is 12.9. The average Bonchev–Trinajstić information content (AvgIpc) is 3.11. The number of benzene rings is 2. The van der Waals surface area contributed by atoms with Crippen molar-refractivity contribution >= 4 is 21.6 Å². The normalized spacial score (nSPS) is 16.0. The van der Waals surface area contributed by atoms with E-state index in [4.69, 9.17) is 9.72 Å². The van der Waals surface area contributed by atoms with E-state index < -0.39 is 0 Å². The number of thiophene rings is 1. The predicted molar refractivity (Wildman–Crippen MR) is 118 cm³/mol. The number of aryl methyl sites for hydroxylation is 1. The molecule has 0 amide bonds. The average molecular weight is 403 g/mol. The topological polar surface area (TPSA) is 55.0 Å². The number of hydrogen-bond donors (Lipinski definition) is 1. The minimum atomic E-state index is -0.0346. The largest absolute Gasteiger partial charge is 0.489 e. The van der Waals surface area contributed by atoms with Crippen LogP contribution in [0.25, 0.3) is 21.6 Å². The van der Waals surface area contributed by atoms with E-state index in [9.17, 15) is 4.79 Å². The third-order valence-electron chi connectivity index (χ3n) is 5.52. The summed E-state index contributed by atoms with van der Waals surface area (Å²) < 4.78 is 5.93. The first-order valence-corrected chi connectivity index (χ1v) is 10.8. The van der Waals surface area contributed by atoms with E-state index in [0.29, 0.717) is 18.3 Å². The molecule has 29 heavy (non-hydrogen) atoms. The molecule has 1 atom stereocenters. The molecule has 1 aliphatic rings. The first-order chi connectivity index (χ1) is 14.2. The van der Waals surface area contributed by atoms with Crippen LogP contribution in [0, 0.1) is 5.92 Å². The van der Waals surface area contributed by atoms with E-state index in [-0.39, 0.29) is 5.56 Å². The Kier molecular flexibility index (Phi) is 4.68. The van der Waals surface area contributed by atoms with Gasteiger partial charge in [-0.15, -0.1) is 11.3 Å². The van der Waals surface area contributed by atoms with Crippen LogP contribution in [-0.2, 0) is 19.4 Å². The fourth-order valence-electron chi connectivity index (χ4n) is 3.96. The lowest BCUT2D eigenvalue weighted by Crippen LogP contribution is -2.13. The summed E-state index contributed by atoms with van der Waals surface area (Å²) in [5, 5.41) is 0.789. The van der Waals surface area contributed by atoms with Crippen molar-refractivity contribution in [1.82, 2.24) is 9.97 Å². The third kappa shape index (κ3) is 3.58. The van der Waals surface area contributed by atoms with E-state index in [1.807, 2.05) is 54.6 Å². The minimum absolute atomic E-state index is 0.0346. The molecule has 0 radical (unpaired) electrons. The highest BCUT2D eigenvalue weighted by molar-refractivity contribution is 7.18. The molecule has 2 heterocycles. The van der Waals surface area contributed by atoms with Gasteiger partial charge in [0.1, 0.15) is 23.0 Å². The molecule has 0 aliphatic heterocycles. The summed E-state index contributed by atoms with van der Waals surface area (Å²) in [5.41, 5.74) is 3.15. The van der Waals surface area contributed by atoms with Gasteiger partial charge in [-0.1, -0.05) is 49.4 Å². The molecule has 1 N–H and O–H groups in total. The molecule has 0 fully saturated rings. The molecule has 1 unspecified atom stereocenters. The van der Waals surface area contributed by atoms with Crippen LogP contribution in [0.5, 0.6) is 5.75 Å². The Morgan fingerprint density at radius 3 is 2.90 bits per heavy atom. The highest BCUT2D eigenvalue weighted by Gasteiger charge is 2.23. The summed E-state index contributed by atoms with van der Waals surface area (Å²) in [6.45, 7) is 2.78. The molecule has 0 saturated heterocycles. The van der Waals surface area contributed by atoms with Crippen molar-refractivity contribution in [2.75, 3.05) is 0 Å². The van der Waals surface area contributed by atoms with Crippen LogP contribution in [0.4, 0.5) is 0 Å². The van der Waals surface area contributed by atoms with Gasteiger partial charge in [0.25, 0.3) is 5.56 Å². The van der Waals surface area contributed by atoms with Gasteiger partial charge < -0.3 is 9.72 Å². The monoisotopic (exact) mass is 402 g/mol. The molecule has 0 saturated carbocycles. The molecule has 2 aromatic heterocycles. The van der Waals surface area contributed by atoms with Gasteiger partial charge in [-0.2, -0.15) is 0 Å². The maximum Gasteiger partial charge on any atom is 0.260 e. The van der Waals surface area contributed by atoms with Crippen LogP contribution < -0.4 is 10.3 Å². The Morgan fingerprint density at radius 2 is 2.03 bits per heavy atom. The summed E-state index contributed by atoms with van der Waals surface area (Å²) in [4.78, 5) is 22.8. The second-order valence-corrected chi connectivity index (χ2v) is 8.83. The Hall–Kier alpha value is -2.92. The van der Waals surface area contributed by atoms with E-state index in [1.165, 1.54) is 10.4 Å². The number of fused-ring (bicyclic) bond motifs is 3. The lowest BCUT2D eigenvalue weighted by atomic mass is 9.89. The summed E-state index contributed by atoms with van der Waals surface area (Å²) in [6, 6.07) is 17.8. The standard InChI is InChI=1S/C24H22N2O2S/c1-15-10-11-19-20(12-15)29-24-21(19)23(27)25-22(26-24)17-8-5-9-18(13-17)28-14-16-6-3-2-4-7-16/h2-9,13,15H,10-12,14H2,1H3,(H,25,26,27). The highest BCUT2D eigenvalue weighted by atomic mass is 32.1. The molecule has 146 valence electrons. The number of rotatable bonds is 4. The van der Waals surface area contributed by atoms with Crippen molar-refractivity contribution < 1.29 is 4.74 Å². The first kappa shape index (κ1) is 18.1. The second-order valence-electron chi connectivity index (χ2n) is 7.75. The zero-order valence-electron chi connectivity index (χ0n) is 16.3. The Morgan fingerprint density at radius 1 is 1.17 bits per heavy atom. The minimum Gasteiger partial charge on any atom is -0.489 e. The van der Waals surface area contributed by atoms with Crippen LogP contribution in [-0.4, -0.2) is 9.97 Å². The number of aromatic nitrogens is 2. The molecular weight excluding hydrogens is 380 g/mol. The van der Waals surface area contributed by atoms with Gasteiger partial charge in [0, 0.05) is 10.4 Å². The van der Waals surface area contributed by atoms with Crippen molar-refractivity contribution in [3.05, 3.63) is 81.0 Å². The molecule has 1 aliphatic carbocycles. The van der Waals surface area contributed by atoms with Crippen LogP contribution in [0.2, 0.25) is 0 Å². The number of H-pyrrole nitrogens is 1. The van der Waals surface area contributed by atoms with Crippen LogP contribution in [0.1, 0.15) is 29.3 Å². The molecule has 5 heteroatoms. The van der Waals surface area contributed by atoms with E-state index in [2.05, 4.69) is 11.9 Å². The van der Waals surface area contributed by atoms with Gasteiger partial charge in [-0.05, 0) is 48.4 Å². The Bertz CT molecular complexity index is 1230. The van der Waals surface area contributed by atoms with E-state index in [0.717, 1.165) is 46.4 Å². The van der Waals surface area contributed by atoms with E-state index in [1.54, 1.807) is 11.3 Å². The highest BCUT2D eigenvalue weighted by Crippen LogP contribution is 2.36. The fraction of sp³-hybridized carbons (Fsp3) is 0.250. The van der Waals surface area contributed by atoms with E-state index >= 15 is 0 Å². The lowest BCUT2D eigenvalue weighted by Gasteiger charge is -2.17. The van der Waals surface area contributed by atoms with Crippen LogP contribution in [0.15, 0.2) is 59.4 Å². The van der Waals surface area contributed by atoms with Gasteiger partial charge in [0.2, 0.25) is 0 Å². The van der Waals surface area contributed by atoms with Crippen molar-refractivity contribution in [1.29, 1.82) is 0 Å². The first-order valence-electron chi connectivity index (χ1n) is 9.99. The number of aromatic amines is 1. The van der Waals surface area contributed by atoms with Gasteiger partial charge in [0.05, 0.1) is 5.39 Å². The Labute approximate surface area is 173 Å². The summed E-state index contributed by atoms with van der Waals surface area (Å²) in [6.07, 6.45) is 3.16. The number of nitrogens with zero attached hydrogens (tertiary/aromatic N) is 1. The zero-order chi connectivity index (χ0) is 19.8. The lowest BCUT2D eigenvalue weighted by molar-refractivity contribution is 0.306. The second kappa shape index (κ2) is 7.48. The Balaban J connectivity index is 1.47. The van der Waals surface area contributed by atoms with Gasteiger partial charge in [-0.25, -0.2) is 4.98 Å². The number of nitrogens with one attached hydrogen (secondary N) is 1. The smallest absolute Gasteiger partial charge is 0.260 e. The van der Waals surface area contributed by atoms with Gasteiger partial charge in [-0.3, -0.25) is 4.79 Å². The molecule has 0 spiro atoms. The number of hydrogen-bond acceptors (Lipinski definition) is 4. The molecule has 2 aromatic carbocycles. The van der Waals surface area contributed by atoms with Crippen molar-refractivity contribution in [3.8, 4) is 17.1 Å². The zero-order valence-corrected chi connectivity index (χ0v) is 17.1. The summed E-state index contributed by atoms with van der Waals surface area (Å²) in [5.74, 6) is 2.03. The van der Waals surface area contributed by atoms with Crippen LogP contribution >= 0.6 is 11.3 Å². The molecular formula is C24H22N2O2S. The van der Waals surface area contributed by atoms with Crippen LogP contribution in [0.3, 0.4) is 0 Å². The number of ether oxygens (including phenoxy) is 1. The molecule has 0 bridgehead atoms. The quantitative estimate of drug-likeness (QED) is 0.500. The fourth-order valence-corrected chi connectivity index (χ4v) is 5.34. The van der Waals surface area contributed by atoms with Gasteiger partial charge in [0.15, 0.2) is 0 Å². The van der Waals surface area contributed by atoms with Crippen molar-refractivity contribution in [3.63, 3.8) is 0 Å². The predicted octanol–water partition coefficient (Wildman–Crippen LogP) is 5.36. The summed E-state index contributed by atoms with van der Waals surface area (Å²) in [7, 11) is 0. The maximum atomic E-state index is 12.9. The molecule has 4 aromatic rings. The van der Waals surface area contributed by atoms with Gasteiger partial charge >= 0.3 is 0 Å². The molecule has 5 rings (SSSR count). The third-order valence-corrected chi connectivity index (χ3v) is 6.67. The van der Waals surface area contributed by atoms with Crippen molar-refractivity contribution in [2.24, 2.45) is 5.92 Å².